The molecule has 14 heavy (non-hydrogen) atoms. The maximum atomic E-state index is 8.55. The highest BCUT2D eigenvalue weighted by molar-refractivity contribution is 5.12. The average molecular weight is 189 g/mol. The first-order valence-corrected chi connectivity index (χ1v) is 4.82. The summed E-state index contributed by atoms with van der Waals surface area (Å²) in [6.45, 7) is 6.25. The maximum Gasteiger partial charge on any atom is 0.142 e. The van der Waals surface area contributed by atoms with E-state index in [4.69, 9.17) is 5.26 Å². The van der Waals surface area contributed by atoms with Crippen LogP contribution in [0.4, 0.5) is 0 Å². The molecule has 0 aliphatic heterocycles. The van der Waals surface area contributed by atoms with E-state index < -0.39 is 0 Å². The highest BCUT2D eigenvalue weighted by Crippen LogP contribution is 2.07. The lowest BCUT2D eigenvalue weighted by Gasteiger charge is -2.06. The van der Waals surface area contributed by atoms with Gasteiger partial charge in [0.1, 0.15) is 5.82 Å². The topological polar surface area (TPSA) is 49.6 Å². The molecule has 0 radical (unpaired) electrons. The van der Waals surface area contributed by atoms with E-state index in [2.05, 4.69) is 29.9 Å². The van der Waals surface area contributed by atoms with E-state index in [0.29, 0.717) is 18.2 Å². The molecule has 3 nitrogen and oxygen atoms in total. The van der Waals surface area contributed by atoms with Crippen LogP contribution >= 0.6 is 0 Å². The van der Waals surface area contributed by atoms with Gasteiger partial charge >= 0.3 is 0 Å². The van der Waals surface area contributed by atoms with Crippen molar-refractivity contribution in [1.29, 1.82) is 5.26 Å². The molecule has 0 aliphatic carbocycles. The SMILES string of the molecule is Cc1cc(CC(C)C)nc(CC#N)n1. The van der Waals surface area contributed by atoms with Crippen molar-refractivity contribution in [3.8, 4) is 6.07 Å². The minimum absolute atomic E-state index is 0.298. The molecule has 0 N–H and O–H groups in total. The zero-order chi connectivity index (χ0) is 10.6. The van der Waals surface area contributed by atoms with Gasteiger partial charge in [-0.25, -0.2) is 9.97 Å². The molecule has 1 heterocycles. The van der Waals surface area contributed by atoms with Gasteiger partial charge in [0.25, 0.3) is 0 Å². The Morgan fingerprint density at radius 1 is 1.43 bits per heavy atom. The molecule has 0 amide bonds. The van der Waals surface area contributed by atoms with Crippen molar-refractivity contribution in [3.63, 3.8) is 0 Å². The van der Waals surface area contributed by atoms with Crippen LogP contribution in [0.2, 0.25) is 0 Å². The monoisotopic (exact) mass is 189 g/mol. The number of aromatic nitrogens is 2. The predicted molar refractivity (Wildman–Crippen MR) is 54.6 cm³/mol. The Morgan fingerprint density at radius 3 is 2.71 bits per heavy atom. The minimum Gasteiger partial charge on any atom is -0.237 e. The van der Waals surface area contributed by atoms with E-state index in [0.717, 1.165) is 17.8 Å². The molecule has 0 unspecified atom stereocenters. The predicted octanol–water partition coefficient (Wildman–Crippen LogP) is 2.05. The van der Waals surface area contributed by atoms with Crippen LogP contribution in [0, 0.1) is 24.2 Å². The molecule has 0 spiro atoms. The van der Waals surface area contributed by atoms with Crippen LogP contribution in [0.1, 0.15) is 31.1 Å². The summed E-state index contributed by atoms with van der Waals surface area (Å²) in [4.78, 5) is 8.53. The normalized spacial score (nSPS) is 10.2. The van der Waals surface area contributed by atoms with Gasteiger partial charge in [0.2, 0.25) is 0 Å². The van der Waals surface area contributed by atoms with Crippen LogP contribution < -0.4 is 0 Å². The number of aryl methyl sites for hydroxylation is 1. The molecule has 0 aliphatic rings. The lowest BCUT2D eigenvalue weighted by molar-refractivity contribution is 0.630. The lowest BCUT2D eigenvalue weighted by atomic mass is 10.1. The first kappa shape index (κ1) is 10.6. The second kappa shape index (κ2) is 4.71. The van der Waals surface area contributed by atoms with Crippen molar-refractivity contribution in [2.75, 3.05) is 0 Å². The molecule has 0 saturated carbocycles. The number of rotatable bonds is 3. The number of hydrogen-bond acceptors (Lipinski definition) is 3. The van der Waals surface area contributed by atoms with Gasteiger partial charge < -0.3 is 0 Å². The van der Waals surface area contributed by atoms with Crippen LogP contribution in [0.3, 0.4) is 0 Å². The summed E-state index contributed by atoms with van der Waals surface area (Å²) in [5.41, 5.74) is 1.98. The molecule has 0 atom stereocenters. The van der Waals surface area contributed by atoms with E-state index in [9.17, 15) is 0 Å². The molecule has 74 valence electrons. The third kappa shape index (κ3) is 3.14. The first-order chi connectivity index (χ1) is 6.61. The largest absolute Gasteiger partial charge is 0.237 e. The van der Waals surface area contributed by atoms with Gasteiger partial charge in [-0.3, -0.25) is 0 Å². The highest BCUT2D eigenvalue weighted by Gasteiger charge is 2.03. The van der Waals surface area contributed by atoms with Crippen LogP contribution in [0.25, 0.3) is 0 Å². The van der Waals surface area contributed by atoms with E-state index in [1.165, 1.54) is 0 Å². The zero-order valence-electron chi connectivity index (χ0n) is 8.91. The molecular formula is C11H15N3. The first-order valence-electron chi connectivity index (χ1n) is 4.82. The maximum absolute atomic E-state index is 8.55. The fourth-order valence-electron chi connectivity index (χ4n) is 1.37. The number of hydrogen-bond donors (Lipinski definition) is 0. The van der Waals surface area contributed by atoms with Crippen molar-refractivity contribution in [3.05, 3.63) is 23.3 Å². The third-order valence-corrected chi connectivity index (χ3v) is 1.81. The summed E-state index contributed by atoms with van der Waals surface area (Å²) in [6.07, 6.45) is 1.24. The summed E-state index contributed by atoms with van der Waals surface area (Å²) in [5, 5.41) is 8.55. The Bertz CT molecular complexity index is 350. The van der Waals surface area contributed by atoms with Gasteiger partial charge in [-0.1, -0.05) is 13.8 Å². The second-order valence-electron chi connectivity index (χ2n) is 3.85. The van der Waals surface area contributed by atoms with Crippen LogP contribution in [-0.2, 0) is 12.8 Å². The smallest absolute Gasteiger partial charge is 0.142 e. The zero-order valence-corrected chi connectivity index (χ0v) is 8.91. The van der Waals surface area contributed by atoms with Crippen molar-refractivity contribution >= 4 is 0 Å². The third-order valence-electron chi connectivity index (χ3n) is 1.81. The summed E-state index contributed by atoms with van der Waals surface area (Å²) in [7, 11) is 0. The molecule has 1 aromatic rings. The van der Waals surface area contributed by atoms with Gasteiger partial charge in [0.05, 0.1) is 12.5 Å². The molecule has 1 rings (SSSR count). The van der Waals surface area contributed by atoms with E-state index in [1.807, 2.05) is 13.0 Å². The van der Waals surface area contributed by atoms with Gasteiger partial charge in [-0.15, -0.1) is 0 Å². The molecule has 0 aromatic carbocycles. The summed E-state index contributed by atoms with van der Waals surface area (Å²) >= 11 is 0. The summed E-state index contributed by atoms with van der Waals surface area (Å²) in [6, 6.07) is 4.05. The standard InChI is InChI=1S/C11H15N3/c1-8(2)6-10-7-9(3)13-11(14-10)4-5-12/h7-8H,4,6H2,1-3H3. The van der Waals surface area contributed by atoms with E-state index >= 15 is 0 Å². The Hall–Kier alpha value is -1.43. The minimum atomic E-state index is 0.298. The molecule has 1 aromatic heterocycles. The van der Waals surface area contributed by atoms with Crippen molar-refractivity contribution in [1.82, 2.24) is 9.97 Å². The Kier molecular flexibility index (Phi) is 3.58. The van der Waals surface area contributed by atoms with Crippen molar-refractivity contribution in [2.24, 2.45) is 5.92 Å². The van der Waals surface area contributed by atoms with Crippen molar-refractivity contribution in [2.45, 2.75) is 33.6 Å². The number of nitriles is 1. The van der Waals surface area contributed by atoms with Crippen molar-refractivity contribution < 1.29 is 0 Å². The second-order valence-corrected chi connectivity index (χ2v) is 3.85. The lowest BCUT2D eigenvalue weighted by Crippen LogP contribution is -2.03. The molecule has 0 saturated heterocycles. The highest BCUT2D eigenvalue weighted by atomic mass is 14.9. The Balaban J connectivity index is 2.90. The summed E-state index contributed by atoms with van der Waals surface area (Å²) in [5.74, 6) is 1.22. The molecule has 3 heteroatoms. The fourth-order valence-corrected chi connectivity index (χ4v) is 1.37. The number of nitrogens with zero attached hydrogens (tertiary/aromatic N) is 3. The molecule has 0 bridgehead atoms. The van der Waals surface area contributed by atoms with Gasteiger partial charge in [-0.2, -0.15) is 5.26 Å². The van der Waals surface area contributed by atoms with Gasteiger partial charge in [0, 0.05) is 11.4 Å². The quantitative estimate of drug-likeness (QED) is 0.731. The van der Waals surface area contributed by atoms with Crippen LogP contribution in [0.15, 0.2) is 6.07 Å². The Labute approximate surface area is 84.8 Å². The van der Waals surface area contributed by atoms with Crippen LogP contribution in [0.5, 0.6) is 0 Å². The Morgan fingerprint density at radius 2 is 2.14 bits per heavy atom. The van der Waals surface area contributed by atoms with Gasteiger partial charge in [-0.05, 0) is 25.3 Å². The van der Waals surface area contributed by atoms with Gasteiger partial charge in [0.15, 0.2) is 0 Å². The van der Waals surface area contributed by atoms with E-state index in [-0.39, 0.29) is 0 Å². The fraction of sp³-hybridized carbons (Fsp3) is 0.545. The average Bonchev–Trinajstić information content (AvgIpc) is 2.01. The van der Waals surface area contributed by atoms with E-state index in [1.54, 1.807) is 0 Å². The van der Waals surface area contributed by atoms with Crippen LogP contribution in [-0.4, -0.2) is 9.97 Å². The molecular weight excluding hydrogens is 174 g/mol. The summed E-state index contributed by atoms with van der Waals surface area (Å²) < 4.78 is 0. The molecule has 0 fully saturated rings.